The molecule has 1 saturated heterocycles. The van der Waals surface area contributed by atoms with Crippen LogP contribution in [0.25, 0.3) is 12.2 Å². The molecular formula is C48H54N4O15. The van der Waals surface area contributed by atoms with Gasteiger partial charge in [0.15, 0.2) is 29.9 Å². The summed E-state index contributed by atoms with van der Waals surface area (Å²) in [5, 5.41) is 76.7. The highest BCUT2D eigenvalue weighted by molar-refractivity contribution is 6.31. The first kappa shape index (κ1) is 50.0. The van der Waals surface area contributed by atoms with Gasteiger partial charge >= 0.3 is 5.97 Å². The summed E-state index contributed by atoms with van der Waals surface area (Å²) in [5.74, 6) is -7.30. The van der Waals surface area contributed by atoms with Crippen LogP contribution in [0, 0.1) is 0 Å². The van der Waals surface area contributed by atoms with E-state index in [1.54, 1.807) is 30.3 Å². The molecule has 6 rings (SSSR count). The van der Waals surface area contributed by atoms with Gasteiger partial charge in [0.1, 0.15) is 23.4 Å². The molecule has 1 aliphatic heterocycles. The highest BCUT2D eigenvalue weighted by Crippen LogP contribution is 2.46. The molecule has 19 nitrogen and oxygen atoms in total. The lowest BCUT2D eigenvalue weighted by Gasteiger charge is -2.45. The van der Waals surface area contributed by atoms with E-state index in [9.17, 15) is 50.1 Å². The lowest BCUT2D eigenvalue weighted by atomic mass is 9.77. The number of phenolic OH excluding ortho intramolecular Hbond substituents is 1. The number of esters is 1. The number of ether oxygens (including phenoxy) is 4. The maximum absolute atomic E-state index is 15.1. The van der Waals surface area contributed by atoms with Crippen LogP contribution in [0.4, 0.5) is 0 Å². The zero-order chi connectivity index (χ0) is 48.7. The quantitative estimate of drug-likeness (QED) is 0.00810. The summed E-state index contributed by atoms with van der Waals surface area (Å²) < 4.78 is 23.5. The van der Waals surface area contributed by atoms with E-state index in [0.717, 1.165) is 18.6 Å². The Hall–Kier alpha value is -6.39. The summed E-state index contributed by atoms with van der Waals surface area (Å²) in [6.07, 6.45) is -3.03. The number of aromatic hydroxyl groups is 1. The summed E-state index contributed by atoms with van der Waals surface area (Å²) in [6.45, 7) is 1.00. The van der Waals surface area contributed by atoms with Gasteiger partial charge in [-0.05, 0) is 78.8 Å². The third kappa shape index (κ3) is 10.8. The number of carbonyl (C=O) groups is 4. The summed E-state index contributed by atoms with van der Waals surface area (Å²) in [7, 11) is 0. The zero-order valence-corrected chi connectivity index (χ0v) is 36.8. The second-order valence-electron chi connectivity index (χ2n) is 16.2. The van der Waals surface area contributed by atoms with E-state index in [0.29, 0.717) is 37.7 Å². The van der Waals surface area contributed by atoms with Gasteiger partial charge in [-0.2, -0.15) is 0 Å². The monoisotopic (exact) mass is 926 g/mol. The fraction of sp³-hybridized carbons (Fsp3) is 0.354. The van der Waals surface area contributed by atoms with Gasteiger partial charge in [-0.3, -0.25) is 24.2 Å². The van der Waals surface area contributed by atoms with E-state index in [4.69, 9.17) is 36.1 Å². The molecule has 1 aliphatic carbocycles. The molecule has 19 heteroatoms. The van der Waals surface area contributed by atoms with E-state index < -0.39 is 84.1 Å². The molecule has 4 aromatic rings. The van der Waals surface area contributed by atoms with Crippen LogP contribution in [0.15, 0.2) is 59.6 Å². The Morgan fingerprint density at radius 2 is 1.66 bits per heavy atom. The molecule has 1 heterocycles. The Morgan fingerprint density at radius 3 is 2.33 bits per heavy atom. The van der Waals surface area contributed by atoms with Crippen molar-refractivity contribution in [1.29, 1.82) is 0 Å². The Kier molecular flexibility index (Phi) is 16.0. The van der Waals surface area contributed by atoms with Gasteiger partial charge < -0.3 is 71.9 Å². The van der Waals surface area contributed by atoms with Crippen molar-refractivity contribution >= 4 is 41.9 Å². The predicted octanol–water partition coefficient (Wildman–Crippen LogP) is 1.12. The van der Waals surface area contributed by atoms with Crippen molar-refractivity contribution in [3.05, 3.63) is 121 Å². The number of aldehydes is 1. The number of phenols is 1. The number of ketones is 2. The number of aliphatic hydroxyl groups is 6. The fourth-order valence-electron chi connectivity index (χ4n) is 8.25. The molecule has 356 valence electrons. The van der Waals surface area contributed by atoms with Gasteiger partial charge in [0.25, 0.3) is 0 Å². The minimum atomic E-state index is -3.04. The van der Waals surface area contributed by atoms with Gasteiger partial charge in [0.2, 0.25) is 12.1 Å². The van der Waals surface area contributed by atoms with Gasteiger partial charge in [0, 0.05) is 46.7 Å². The number of guanidine groups is 1. The molecule has 0 spiro atoms. The summed E-state index contributed by atoms with van der Waals surface area (Å²) in [4.78, 5) is 58.7. The number of benzene rings is 4. The molecule has 5 unspecified atom stereocenters. The molecule has 2 aliphatic rings. The number of fused-ring (bicyclic) bond motifs is 2. The minimum absolute atomic E-state index is 0.0414. The van der Waals surface area contributed by atoms with Crippen LogP contribution in [0.1, 0.15) is 108 Å². The topological polar surface area (TPSA) is 337 Å². The first-order valence-electron chi connectivity index (χ1n) is 21.4. The number of aliphatic hydroxyl groups excluding tert-OH is 4. The Balaban J connectivity index is 1.54. The number of hydrogen-bond acceptors (Lipinski definition) is 17. The van der Waals surface area contributed by atoms with Crippen molar-refractivity contribution < 1.29 is 73.9 Å². The average molecular weight is 927 g/mol. The highest BCUT2D eigenvalue weighted by Gasteiger charge is 2.56. The van der Waals surface area contributed by atoms with E-state index >= 15 is 4.79 Å². The first-order chi connectivity index (χ1) is 31.9. The van der Waals surface area contributed by atoms with Crippen molar-refractivity contribution in [2.45, 2.75) is 89.2 Å². The Bertz CT molecular complexity index is 2590. The second-order valence-corrected chi connectivity index (χ2v) is 16.2. The number of rotatable bonds is 19. The molecule has 0 aromatic heterocycles. The van der Waals surface area contributed by atoms with E-state index in [2.05, 4.69) is 4.99 Å². The van der Waals surface area contributed by atoms with E-state index in [1.807, 2.05) is 6.07 Å². The summed E-state index contributed by atoms with van der Waals surface area (Å²) in [6, 6.07) is 14.1. The van der Waals surface area contributed by atoms with Crippen molar-refractivity contribution in [1.82, 2.24) is 0 Å². The maximum Gasteiger partial charge on any atom is 0.308 e. The Labute approximate surface area is 384 Å². The third-order valence-electron chi connectivity index (χ3n) is 11.5. The largest absolute Gasteiger partial charge is 0.507 e. The van der Waals surface area contributed by atoms with Gasteiger partial charge in [-0.15, -0.1) is 0 Å². The number of nitrogens with zero attached hydrogens (tertiary/aromatic N) is 1. The molecule has 1 fully saturated rings. The molecule has 0 amide bonds. The van der Waals surface area contributed by atoms with Gasteiger partial charge in [-0.25, -0.2) is 0 Å². The van der Waals surface area contributed by atoms with Crippen LogP contribution in [0.3, 0.4) is 0 Å². The fourth-order valence-corrected chi connectivity index (χ4v) is 8.25. The average Bonchev–Trinajstić information content (AvgIpc) is 3.28. The van der Waals surface area contributed by atoms with E-state index in [1.165, 1.54) is 31.2 Å². The van der Waals surface area contributed by atoms with Crippen molar-refractivity contribution in [2.24, 2.45) is 22.2 Å². The van der Waals surface area contributed by atoms with Crippen molar-refractivity contribution in [3.63, 3.8) is 0 Å². The van der Waals surface area contributed by atoms with Crippen LogP contribution in [0.5, 0.6) is 17.2 Å². The lowest BCUT2D eigenvalue weighted by molar-refractivity contribution is -0.378. The molecule has 5 atom stereocenters. The van der Waals surface area contributed by atoms with Crippen LogP contribution in [-0.2, 0) is 40.3 Å². The summed E-state index contributed by atoms with van der Waals surface area (Å²) >= 11 is 0. The number of hydrogen-bond donors (Lipinski definition) is 10. The van der Waals surface area contributed by atoms with Crippen molar-refractivity contribution in [2.75, 3.05) is 19.7 Å². The molecular weight excluding hydrogens is 873 g/mol. The molecule has 0 saturated carbocycles. The highest BCUT2D eigenvalue weighted by atomic mass is 16.7. The van der Waals surface area contributed by atoms with Gasteiger partial charge in [0.05, 0.1) is 44.1 Å². The van der Waals surface area contributed by atoms with Crippen LogP contribution in [0.2, 0.25) is 0 Å². The SMILES string of the molecule is CC(=O)Oc1cc(CO)c2c(c1C=Cc1cccc(CC(O)CCCN)c1)C(=O)c1cc(OC3OC(C)C(O)C(O)(O)C3OCCN=C(N)N)c(Cc3cccc(CO)c3C=O)c(O)c1C2=O. The first-order valence-corrected chi connectivity index (χ1v) is 21.4. The van der Waals surface area contributed by atoms with Crippen molar-refractivity contribution in [3.8, 4) is 17.2 Å². The molecule has 67 heavy (non-hydrogen) atoms. The van der Waals surface area contributed by atoms with Gasteiger partial charge in [-0.1, -0.05) is 48.5 Å². The normalized spacial score (nSPS) is 19.1. The molecule has 13 N–H and O–H groups in total. The number of nitrogens with two attached hydrogens (primary N) is 3. The minimum Gasteiger partial charge on any atom is -0.507 e. The number of carbonyl (C=O) groups excluding carboxylic acids is 4. The maximum atomic E-state index is 15.1. The smallest absolute Gasteiger partial charge is 0.308 e. The van der Waals surface area contributed by atoms with E-state index in [-0.39, 0.29) is 81.5 Å². The number of aliphatic imine (C=N–C) groups is 1. The predicted molar refractivity (Wildman–Crippen MR) is 241 cm³/mol. The Morgan fingerprint density at radius 1 is 0.940 bits per heavy atom. The zero-order valence-electron chi connectivity index (χ0n) is 36.8. The standard InChI is InChI=1S/C48H54N4O15/c1-24-44(61)48(62,63)45(64-15-14-52-47(50)51)46(65-24)67-37-20-34-40(41(58)33(37)18-28-8-4-9-29(21-53)35(28)23-55)43(60)38-30(22-54)19-36(66-25(2)56)32(39(38)42(34)59)12-11-26-6-3-7-27(16-26)17-31(57)10-5-13-49/h3-4,6-9,11-12,16,19-20,23-24,31,44-46,53-54,57-58,61-63H,5,10,13-15,17-18,21-22,49H2,1-2H3,(H4,50,51,52). The molecule has 0 bridgehead atoms. The molecule has 4 aromatic carbocycles. The van der Waals surface area contributed by atoms with Crippen LogP contribution < -0.4 is 26.7 Å². The third-order valence-corrected chi connectivity index (χ3v) is 11.5. The second kappa shape index (κ2) is 21.5. The summed E-state index contributed by atoms with van der Waals surface area (Å²) in [5.41, 5.74) is 16.4. The molecule has 0 radical (unpaired) electrons. The lowest BCUT2D eigenvalue weighted by Crippen LogP contribution is -2.67. The van der Waals surface area contributed by atoms with Crippen LogP contribution in [-0.4, -0.2) is 122 Å². The van der Waals surface area contributed by atoms with Crippen LogP contribution >= 0.6 is 0 Å².